The molecule has 0 radical (unpaired) electrons. The minimum absolute atomic E-state index is 0.00343. The number of methoxy groups -OCH3 is 2. The summed E-state index contributed by atoms with van der Waals surface area (Å²) in [6, 6.07) is 18.2. The highest BCUT2D eigenvalue weighted by atomic mass is 16.5. The average molecular weight is 300 g/mol. The van der Waals surface area contributed by atoms with Crippen molar-refractivity contribution in [2.24, 2.45) is 5.73 Å². The largest absolute Gasteiger partial charge is 0.495 e. The average Bonchev–Trinajstić information content (AvgIpc) is 2.59. The van der Waals surface area contributed by atoms with Crippen LogP contribution < -0.4 is 15.4 Å². The molecule has 2 aromatic rings. The smallest absolute Gasteiger partial charge is 0.142 e. The van der Waals surface area contributed by atoms with Gasteiger partial charge in [0, 0.05) is 14.2 Å². The van der Waals surface area contributed by atoms with Crippen molar-refractivity contribution in [3.63, 3.8) is 0 Å². The van der Waals surface area contributed by atoms with Gasteiger partial charge in [-0.3, -0.25) is 0 Å². The van der Waals surface area contributed by atoms with Gasteiger partial charge in [0.1, 0.15) is 12.0 Å². The Morgan fingerprint density at radius 1 is 1.00 bits per heavy atom. The van der Waals surface area contributed by atoms with Crippen LogP contribution >= 0.6 is 0 Å². The number of hydrogen-bond donors (Lipinski definition) is 1. The van der Waals surface area contributed by atoms with Crippen molar-refractivity contribution in [1.29, 1.82) is 0 Å². The summed E-state index contributed by atoms with van der Waals surface area (Å²) in [7, 11) is 5.33. The molecule has 2 aromatic carbocycles. The van der Waals surface area contributed by atoms with E-state index >= 15 is 0 Å². The van der Waals surface area contributed by atoms with Crippen LogP contribution in [0.25, 0.3) is 0 Å². The fourth-order valence-electron chi connectivity index (χ4n) is 2.59. The van der Waals surface area contributed by atoms with Crippen LogP contribution in [0.3, 0.4) is 0 Å². The molecule has 0 aromatic heterocycles. The van der Waals surface area contributed by atoms with Gasteiger partial charge in [0.05, 0.1) is 18.8 Å². The van der Waals surface area contributed by atoms with Crippen molar-refractivity contribution in [3.8, 4) is 5.75 Å². The molecule has 0 bridgehead atoms. The van der Waals surface area contributed by atoms with E-state index in [-0.39, 0.29) is 6.04 Å². The lowest BCUT2D eigenvalue weighted by molar-refractivity contribution is 0.0840. The molecule has 0 heterocycles. The van der Waals surface area contributed by atoms with E-state index in [9.17, 15) is 0 Å². The van der Waals surface area contributed by atoms with E-state index in [4.69, 9.17) is 15.2 Å². The van der Waals surface area contributed by atoms with E-state index < -0.39 is 6.23 Å². The van der Waals surface area contributed by atoms with Gasteiger partial charge in [-0.15, -0.1) is 0 Å². The first-order valence-electron chi connectivity index (χ1n) is 7.35. The maximum absolute atomic E-state index is 6.19. The highest BCUT2D eigenvalue weighted by Gasteiger charge is 2.24. The van der Waals surface area contributed by atoms with E-state index in [0.29, 0.717) is 0 Å². The lowest BCUT2D eigenvalue weighted by atomic mass is 10.0. The van der Waals surface area contributed by atoms with E-state index in [1.165, 1.54) is 5.56 Å². The maximum atomic E-state index is 6.19. The van der Waals surface area contributed by atoms with E-state index in [1.54, 1.807) is 14.2 Å². The lowest BCUT2D eigenvalue weighted by Gasteiger charge is -2.34. The van der Waals surface area contributed by atoms with Crippen molar-refractivity contribution >= 4 is 5.69 Å². The summed E-state index contributed by atoms with van der Waals surface area (Å²) in [5, 5.41) is 0. The van der Waals surface area contributed by atoms with E-state index in [1.807, 2.05) is 49.5 Å². The van der Waals surface area contributed by atoms with E-state index in [2.05, 4.69) is 17.0 Å². The summed E-state index contributed by atoms with van der Waals surface area (Å²) < 4.78 is 10.9. The van der Waals surface area contributed by atoms with Crippen LogP contribution in [-0.4, -0.2) is 33.5 Å². The Morgan fingerprint density at radius 2 is 1.64 bits per heavy atom. The summed E-state index contributed by atoms with van der Waals surface area (Å²) in [6.07, 6.45) is 0.403. The van der Waals surface area contributed by atoms with Crippen LogP contribution in [0.2, 0.25) is 0 Å². The van der Waals surface area contributed by atoms with Crippen molar-refractivity contribution in [2.75, 3.05) is 26.2 Å². The number of likely N-dealkylation sites (N-methyl/N-ethyl adjacent to an activating group) is 1. The molecule has 0 aliphatic carbocycles. The van der Waals surface area contributed by atoms with Crippen molar-refractivity contribution in [2.45, 2.75) is 18.7 Å². The first-order chi connectivity index (χ1) is 10.7. The van der Waals surface area contributed by atoms with Crippen LogP contribution in [0.4, 0.5) is 5.69 Å². The normalized spacial score (nSPS) is 13.5. The molecule has 0 saturated heterocycles. The summed E-state index contributed by atoms with van der Waals surface area (Å²) in [5.74, 6) is 0.825. The first-order valence-corrected chi connectivity index (χ1v) is 7.35. The van der Waals surface area contributed by atoms with Crippen LogP contribution in [0.15, 0.2) is 54.6 Å². The monoisotopic (exact) mass is 300 g/mol. The molecule has 22 heavy (non-hydrogen) atoms. The van der Waals surface area contributed by atoms with Gasteiger partial charge in [-0.1, -0.05) is 42.5 Å². The number of benzene rings is 2. The summed E-state index contributed by atoms with van der Waals surface area (Å²) in [6.45, 7) is 0. The molecule has 4 nitrogen and oxygen atoms in total. The molecule has 0 fully saturated rings. The Labute approximate surface area is 132 Å². The Balaban J connectivity index is 2.28. The number of hydrogen-bond acceptors (Lipinski definition) is 4. The zero-order valence-corrected chi connectivity index (χ0v) is 13.4. The van der Waals surface area contributed by atoms with Crippen LogP contribution in [-0.2, 0) is 11.2 Å². The molecule has 0 saturated carbocycles. The fraction of sp³-hybridized carbons (Fsp3) is 0.333. The zero-order valence-electron chi connectivity index (χ0n) is 13.4. The minimum atomic E-state index is -0.393. The number of ether oxygens (including phenoxy) is 2. The van der Waals surface area contributed by atoms with Gasteiger partial charge < -0.3 is 20.1 Å². The quantitative estimate of drug-likeness (QED) is 0.799. The second-order valence-corrected chi connectivity index (χ2v) is 5.24. The standard InChI is InChI=1S/C18H24N2O2/c1-20(15-11-7-8-12-17(15)21-2)16(18(19)22-3)13-14-9-5-4-6-10-14/h4-12,16,18H,13,19H2,1-3H3. The van der Waals surface area contributed by atoms with Gasteiger partial charge in [-0.05, 0) is 24.1 Å². The number of anilines is 1. The summed E-state index contributed by atoms with van der Waals surface area (Å²) >= 11 is 0. The highest BCUT2D eigenvalue weighted by Crippen LogP contribution is 2.29. The molecule has 0 amide bonds. The molecule has 0 spiro atoms. The number of rotatable bonds is 7. The lowest BCUT2D eigenvalue weighted by Crippen LogP contribution is -2.48. The van der Waals surface area contributed by atoms with Gasteiger partial charge in [-0.25, -0.2) is 0 Å². The van der Waals surface area contributed by atoms with Gasteiger partial charge in [0.25, 0.3) is 0 Å². The molecule has 118 valence electrons. The third-order valence-corrected chi connectivity index (χ3v) is 3.90. The van der Waals surface area contributed by atoms with Gasteiger partial charge >= 0.3 is 0 Å². The van der Waals surface area contributed by atoms with Crippen LogP contribution in [0.5, 0.6) is 5.75 Å². The Bertz CT molecular complexity index is 574. The van der Waals surface area contributed by atoms with E-state index in [0.717, 1.165) is 17.9 Å². The third-order valence-electron chi connectivity index (χ3n) is 3.90. The maximum Gasteiger partial charge on any atom is 0.142 e. The molecule has 2 N–H and O–H groups in total. The van der Waals surface area contributed by atoms with Crippen LogP contribution in [0, 0.1) is 0 Å². The number of para-hydroxylation sites is 2. The van der Waals surface area contributed by atoms with Crippen molar-refractivity contribution in [3.05, 3.63) is 60.2 Å². The Kier molecular flexibility index (Phi) is 5.81. The topological polar surface area (TPSA) is 47.7 Å². The second-order valence-electron chi connectivity index (χ2n) is 5.24. The molecule has 2 unspecified atom stereocenters. The first kappa shape index (κ1) is 16.3. The molecule has 2 rings (SSSR count). The second kappa shape index (κ2) is 7.82. The number of nitrogens with two attached hydrogens (primary N) is 1. The molecule has 2 atom stereocenters. The van der Waals surface area contributed by atoms with Gasteiger partial charge in [-0.2, -0.15) is 0 Å². The zero-order chi connectivity index (χ0) is 15.9. The predicted octanol–water partition coefficient (Wildman–Crippen LogP) is 2.67. The summed E-state index contributed by atoms with van der Waals surface area (Å²) in [4.78, 5) is 2.12. The molecule has 0 aliphatic heterocycles. The molecular weight excluding hydrogens is 276 g/mol. The Hall–Kier alpha value is -2.04. The SMILES string of the molecule is COc1ccccc1N(C)C(Cc1ccccc1)C(N)OC. The van der Waals surface area contributed by atoms with Gasteiger partial charge in [0.15, 0.2) is 0 Å². The van der Waals surface area contributed by atoms with Gasteiger partial charge in [0.2, 0.25) is 0 Å². The fourth-order valence-corrected chi connectivity index (χ4v) is 2.59. The predicted molar refractivity (Wildman–Crippen MR) is 90.3 cm³/mol. The van der Waals surface area contributed by atoms with Crippen molar-refractivity contribution in [1.82, 2.24) is 0 Å². The molecule has 0 aliphatic rings. The van der Waals surface area contributed by atoms with Crippen LogP contribution in [0.1, 0.15) is 5.56 Å². The minimum Gasteiger partial charge on any atom is -0.495 e. The highest BCUT2D eigenvalue weighted by molar-refractivity contribution is 5.58. The molecule has 4 heteroatoms. The number of nitrogens with zero attached hydrogens (tertiary/aromatic N) is 1. The molecular formula is C18H24N2O2. The summed E-state index contributed by atoms with van der Waals surface area (Å²) in [5.41, 5.74) is 8.41. The van der Waals surface area contributed by atoms with Crippen molar-refractivity contribution < 1.29 is 9.47 Å². The Morgan fingerprint density at radius 3 is 2.27 bits per heavy atom. The third kappa shape index (κ3) is 3.78.